The molecule has 3 heterocycles. The Kier molecular flexibility index (Phi) is 2.66. The molecule has 1 aliphatic heterocycles. The maximum Gasteiger partial charge on any atom is 0.274 e. The number of anilines is 1. The molecule has 0 saturated heterocycles. The zero-order chi connectivity index (χ0) is 18.5. The topological polar surface area (TPSA) is 58.1 Å². The van der Waals surface area contributed by atoms with Crippen molar-refractivity contribution in [2.24, 2.45) is 7.05 Å². The Bertz CT molecular complexity index is 1200. The number of rotatable bonds is 2. The van der Waals surface area contributed by atoms with Crippen molar-refractivity contribution in [3.05, 3.63) is 63.7 Å². The van der Waals surface area contributed by atoms with E-state index in [4.69, 9.17) is 0 Å². The number of aromatic nitrogens is 2. The molecule has 27 heavy (non-hydrogen) atoms. The van der Waals surface area contributed by atoms with Crippen LogP contribution in [0.1, 0.15) is 47.9 Å². The number of aryl methyl sites for hydroxylation is 1. The third kappa shape index (κ3) is 1.79. The molecule has 1 N–H and O–H groups in total. The zero-order valence-electron chi connectivity index (χ0n) is 15.5. The largest absolute Gasteiger partial charge is 0.354 e. The summed E-state index contributed by atoms with van der Waals surface area (Å²) in [6, 6.07) is 10.3. The van der Waals surface area contributed by atoms with Gasteiger partial charge in [-0.05, 0) is 48.4 Å². The highest BCUT2D eigenvalue weighted by atomic mass is 16.2. The molecule has 2 aromatic heterocycles. The third-order valence-corrected chi connectivity index (χ3v) is 6.80. The summed E-state index contributed by atoms with van der Waals surface area (Å²) in [5, 5.41) is 1.00. The standard InChI is InChI=1S/C22H21N3O2/c1-24-11-14(13-9-17(12-7-8-12)23-19(13)20(24)26)16-10-22(16)15-5-3-4-6-18(15)25(2)21(22)27/h3-6,9,11-12,16,23H,7-8,10H2,1-2H3/t16-,22-/m0/s1. The number of amides is 1. The maximum atomic E-state index is 13.2. The van der Waals surface area contributed by atoms with E-state index in [1.165, 1.54) is 18.5 Å². The molecule has 136 valence electrons. The zero-order valence-corrected chi connectivity index (χ0v) is 15.5. The second-order valence-corrected chi connectivity index (χ2v) is 8.40. The predicted molar refractivity (Wildman–Crippen MR) is 104 cm³/mol. The number of benzene rings is 1. The fraction of sp³-hybridized carbons (Fsp3) is 0.364. The molecule has 1 spiro atoms. The van der Waals surface area contributed by atoms with E-state index in [1.807, 2.05) is 31.4 Å². The van der Waals surface area contributed by atoms with Gasteiger partial charge < -0.3 is 14.5 Å². The fourth-order valence-electron chi connectivity index (χ4n) is 5.12. The van der Waals surface area contributed by atoms with Crippen LogP contribution in [0.5, 0.6) is 0 Å². The number of carbonyl (C=O) groups is 1. The van der Waals surface area contributed by atoms with Crippen LogP contribution in [0.4, 0.5) is 5.69 Å². The number of hydrogen-bond donors (Lipinski definition) is 1. The highest BCUT2D eigenvalue weighted by Gasteiger charge is 2.67. The van der Waals surface area contributed by atoms with Crippen LogP contribution in [0.3, 0.4) is 0 Å². The number of para-hydroxylation sites is 1. The van der Waals surface area contributed by atoms with Gasteiger partial charge in [-0.15, -0.1) is 0 Å². The summed E-state index contributed by atoms with van der Waals surface area (Å²) in [5.41, 5.74) is 4.65. The van der Waals surface area contributed by atoms with Gasteiger partial charge in [-0.3, -0.25) is 9.59 Å². The molecule has 2 fully saturated rings. The lowest BCUT2D eigenvalue weighted by Crippen LogP contribution is -2.29. The van der Waals surface area contributed by atoms with Crippen LogP contribution >= 0.6 is 0 Å². The Morgan fingerprint density at radius 1 is 1.15 bits per heavy atom. The number of fused-ring (bicyclic) bond motifs is 3. The van der Waals surface area contributed by atoms with Gasteiger partial charge in [0.2, 0.25) is 5.91 Å². The fourth-order valence-corrected chi connectivity index (χ4v) is 5.12. The van der Waals surface area contributed by atoms with Gasteiger partial charge in [0.05, 0.1) is 5.41 Å². The quantitative estimate of drug-likeness (QED) is 0.764. The molecule has 2 atom stereocenters. The molecule has 3 aliphatic rings. The maximum absolute atomic E-state index is 13.2. The molecule has 1 amide bonds. The molecule has 6 rings (SSSR count). The van der Waals surface area contributed by atoms with E-state index in [0.717, 1.165) is 28.6 Å². The van der Waals surface area contributed by atoms with Crippen molar-refractivity contribution in [2.75, 3.05) is 11.9 Å². The number of nitrogens with zero attached hydrogens (tertiary/aromatic N) is 2. The van der Waals surface area contributed by atoms with E-state index in [1.54, 1.807) is 16.5 Å². The number of nitrogens with one attached hydrogen (secondary N) is 1. The van der Waals surface area contributed by atoms with Crippen molar-refractivity contribution in [1.29, 1.82) is 0 Å². The first-order valence-electron chi connectivity index (χ1n) is 9.62. The van der Waals surface area contributed by atoms with Crippen molar-refractivity contribution >= 4 is 22.5 Å². The Morgan fingerprint density at radius 3 is 2.70 bits per heavy atom. The molecule has 5 nitrogen and oxygen atoms in total. The summed E-state index contributed by atoms with van der Waals surface area (Å²) in [5.74, 6) is 0.852. The molecular formula is C22H21N3O2. The van der Waals surface area contributed by atoms with Crippen LogP contribution in [0.15, 0.2) is 41.3 Å². The predicted octanol–water partition coefficient (Wildman–Crippen LogP) is 3.15. The highest BCUT2D eigenvalue weighted by Crippen LogP contribution is 2.66. The van der Waals surface area contributed by atoms with E-state index in [2.05, 4.69) is 17.1 Å². The molecule has 2 saturated carbocycles. The van der Waals surface area contributed by atoms with Crippen LogP contribution in [0.25, 0.3) is 10.9 Å². The highest BCUT2D eigenvalue weighted by molar-refractivity contribution is 6.11. The van der Waals surface area contributed by atoms with Gasteiger partial charge in [0.25, 0.3) is 5.56 Å². The Morgan fingerprint density at radius 2 is 1.93 bits per heavy atom. The van der Waals surface area contributed by atoms with Crippen LogP contribution < -0.4 is 10.5 Å². The van der Waals surface area contributed by atoms with Gasteiger partial charge in [-0.2, -0.15) is 0 Å². The van der Waals surface area contributed by atoms with Gasteiger partial charge >= 0.3 is 0 Å². The smallest absolute Gasteiger partial charge is 0.274 e. The average molecular weight is 359 g/mol. The third-order valence-electron chi connectivity index (χ3n) is 6.80. The average Bonchev–Trinajstić information content (AvgIpc) is 3.59. The molecular weight excluding hydrogens is 338 g/mol. The number of likely N-dealkylation sites (N-methyl/N-ethyl adjacent to an activating group) is 1. The Labute approximate surface area is 156 Å². The van der Waals surface area contributed by atoms with Gasteiger partial charge in [-0.25, -0.2) is 0 Å². The number of aromatic amines is 1. The van der Waals surface area contributed by atoms with Gasteiger partial charge in [-0.1, -0.05) is 18.2 Å². The Balaban J connectivity index is 1.55. The molecule has 0 unspecified atom stereocenters. The summed E-state index contributed by atoms with van der Waals surface area (Å²) < 4.78 is 1.66. The van der Waals surface area contributed by atoms with Crippen molar-refractivity contribution in [1.82, 2.24) is 9.55 Å². The van der Waals surface area contributed by atoms with E-state index >= 15 is 0 Å². The number of carbonyl (C=O) groups excluding carboxylic acids is 1. The lowest BCUT2D eigenvalue weighted by atomic mass is 9.91. The summed E-state index contributed by atoms with van der Waals surface area (Å²) in [6.07, 6.45) is 5.13. The summed E-state index contributed by atoms with van der Waals surface area (Å²) >= 11 is 0. The molecule has 5 heteroatoms. The first-order chi connectivity index (χ1) is 13.0. The molecule has 0 bridgehead atoms. The Hall–Kier alpha value is -2.82. The first kappa shape index (κ1) is 15.3. The van der Waals surface area contributed by atoms with Crippen molar-refractivity contribution in [2.45, 2.75) is 36.5 Å². The lowest BCUT2D eigenvalue weighted by molar-refractivity contribution is -0.120. The number of hydrogen-bond acceptors (Lipinski definition) is 2. The molecule has 2 aliphatic carbocycles. The van der Waals surface area contributed by atoms with Crippen molar-refractivity contribution in [3.63, 3.8) is 0 Å². The van der Waals surface area contributed by atoms with E-state index in [0.29, 0.717) is 11.4 Å². The minimum Gasteiger partial charge on any atom is -0.354 e. The van der Waals surface area contributed by atoms with Crippen molar-refractivity contribution in [3.8, 4) is 0 Å². The van der Waals surface area contributed by atoms with Crippen LogP contribution in [-0.4, -0.2) is 22.5 Å². The second kappa shape index (κ2) is 4.71. The van der Waals surface area contributed by atoms with Crippen LogP contribution in [-0.2, 0) is 17.3 Å². The van der Waals surface area contributed by atoms with E-state index in [-0.39, 0.29) is 17.4 Å². The van der Waals surface area contributed by atoms with Crippen molar-refractivity contribution < 1.29 is 4.79 Å². The SMILES string of the molecule is CN1C(=O)[C@@]2(C[C@H]2c2cn(C)c(=O)c3[nH]c(C4CC4)cc23)c2ccccc21. The second-order valence-electron chi connectivity index (χ2n) is 8.40. The first-order valence-corrected chi connectivity index (χ1v) is 9.62. The minimum absolute atomic E-state index is 0.00520. The van der Waals surface area contributed by atoms with E-state index < -0.39 is 5.41 Å². The summed E-state index contributed by atoms with van der Waals surface area (Å²) in [6.45, 7) is 0. The number of H-pyrrole nitrogens is 1. The van der Waals surface area contributed by atoms with Crippen LogP contribution in [0, 0.1) is 0 Å². The van der Waals surface area contributed by atoms with Gasteiger partial charge in [0.1, 0.15) is 5.52 Å². The summed E-state index contributed by atoms with van der Waals surface area (Å²) in [7, 11) is 3.66. The molecule has 1 aromatic carbocycles. The van der Waals surface area contributed by atoms with Crippen LogP contribution in [0.2, 0.25) is 0 Å². The monoisotopic (exact) mass is 359 g/mol. The van der Waals surface area contributed by atoms with Gasteiger partial charge in [0.15, 0.2) is 0 Å². The van der Waals surface area contributed by atoms with Gasteiger partial charge in [0, 0.05) is 43.0 Å². The number of pyridine rings is 1. The molecule has 3 aromatic rings. The summed E-state index contributed by atoms with van der Waals surface area (Å²) in [4.78, 5) is 31.0. The minimum atomic E-state index is -0.466. The molecule has 0 radical (unpaired) electrons. The lowest BCUT2D eigenvalue weighted by Gasteiger charge is -2.12. The van der Waals surface area contributed by atoms with E-state index in [9.17, 15) is 9.59 Å². The normalized spacial score (nSPS) is 26.2.